The van der Waals surface area contributed by atoms with E-state index < -0.39 is 5.92 Å². The van der Waals surface area contributed by atoms with Crippen LogP contribution in [0.4, 0.5) is 5.69 Å². The summed E-state index contributed by atoms with van der Waals surface area (Å²) in [5.41, 5.74) is 1.87. The summed E-state index contributed by atoms with van der Waals surface area (Å²) in [5.74, 6) is 0.631. The van der Waals surface area contributed by atoms with Crippen LogP contribution in [0.5, 0.6) is 11.5 Å². The number of ether oxygens (including phenoxy) is 2. The molecule has 0 saturated heterocycles. The van der Waals surface area contributed by atoms with E-state index in [0.29, 0.717) is 34.3 Å². The zero-order valence-electron chi connectivity index (χ0n) is 14.9. The third-order valence-electron chi connectivity index (χ3n) is 4.57. The van der Waals surface area contributed by atoms with Crippen molar-refractivity contribution >= 4 is 29.0 Å². The Labute approximate surface area is 157 Å². The quantitative estimate of drug-likeness (QED) is 0.741. The molecule has 0 bridgehead atoms. The minimum Gasteiger partial charge on any atom is -0.497 e. The van der Waals surface area contributed by atoms with E-state index in [1.54, 1.807) is 48.4 Å². The first-order chi connectivity index (χ1) is 12.5. The molecule has 6 heteroatoms. The second-order valence-corrected chi connectivity index (χ2v) is 6.49. The number of carbonyl (C=O) groups is 2. The standard InChI is InChI=1S/C20H20ClNO4/c1-4-22-17-9-13(5-8-18(17)26-11-19(22)23)20(24)12(2)15-7-6-14(25-3)10-16(15)21/h5-10,12H,4,11H2,1-3H3. The molecule has 1 amide bonds. The van der Waals surface area contributed by atoms with Gasteiger partial charge in [0.1, 0.15) is 11.5 Å². The van der Waals surface area contributed by atoms with Gasteiger partial charge in [0, 0.05) is 23.0 Å². The molecule has 0 N–H and O–H groups in total. The third kappa shape index (κ3) is 3.27. The number of ketones is 1. The number of likely N-dealkylation sites (N-methyl/N-ethyl adjacent to an activating group) is 1. The van der Waals surface area contributed by atoms with Crippen LogP contribution in [0.15, 0.2) is 36.4 Å². The molecule has 2 aromatic carbocycles. The summed E-state index contributed by atoms with van der Waals surface area (Å²) in [7, 11) is 1.57. The van der Waals surface area contributed by atoms with Crippen molar-refractivity contribution in [1.82, 2.24) is 0 Å². The van der Waals surface area contributed by atoms with Gasteiger partial charge in [-0.05, 0) is 42.8 Å². The van der Waals surface area contributed by atoms with Gasteiger partial charge in [-0.25, -0.2) is 0 Å². The van der Waals surface area contributed by atoms with Crippen LogP contribution in [0.25, 0.3) is 0 Å². The summed E-state index contributed by atoms with van der Waals surface area (Å²) < 4.78 is 10.6. The van der Waals surface area contributed by atoms with Gasteiger partial charge in [-0.3, -0.25) is 9.59 Å². The van der Waals surface area contributed by atoms with Crippen LogP contribution in [-0.4, -0.2) is 32.0 Å². The fraction of sp³-hybridized carbons (Fsp3) is 0.300. The fourth-order valence-electron chi connectivity index (χ4n) is 3.08. The molecule has 0 fully saturated rings. The molecule has 0 saturated carbocycles. The number of benzene rings is 2. The van der Waals surface area contributed by atoms with Crippen molar-refractivity contribution in [3.8, 4) is 11.5 Å². The second-order valence-electron chi connectivity index (χ2n) is 6.08. The van der Waals surface area contributed by atoms with Gasteiger partial charge in [-0.1, -0.05) is 24.6 Å². The van der Waals surface area contributed by atoms with Crippen molar-refractivity contribution in [2.24, 2.45) is 0 Å². The number of rotatable bonds is 5. The molecule has 1 unspecified atom stereocenters. The molecule has 3 rings (SSSR count). The SMILES string of the molecule is CCN1C(=O)COc2ccc(C(=O)C(C)c3ccc(OC)cc3Cl)cc21. The number of nitrogens with zero attached hydrogens (tertiary/aromatic N) is 1. The molecule has 26 heavy (non-hydrogen) atoms. The van der Waals surface area contributed by atoms with Gasteiger partial charge in [-0.2, -0.15) is 0 Å². The Hall–Kier alpha value is -2.53. The number of fused-ring (bicyclic) bond motifs is 1. The highest BCUT2D eigenvalue weighted by atomic mass is 35.5. The predicted molar refractivity (Wildman–Crippen MR) is 101 cm³/mol. The Morgan fingerprint density at radius 2 is 2.08 bits per heavy atom. The summed E-state index contributed by atoms with van der Waals surface area (Å²) in [6, 6.07) is 10.4. The highest BCUT2D eigenvalue weighted by Gasteiger charge is 2.27. The van der Waals surface area contributed by atoms with E-state index in [-0.39, 0.29) is 18.3 Å². The van der Waals surface area contributed by atoms with E-state index in [0.717, 1.165) is 5.56 Å². The molecule has 1 atom stereocenters. The summed E-state index contributed by atoms with van der Waals surface area (Å²) in [6.07, 6.45) is 0. The highest BCUT2D eigenvalue weighted by molar-refractivity contribution is 6.32. The zero-order chi connectivity index (χ0) is 18.8. The molecule has 1 aliphatic rings. The lowest BCUT2D eigenvalue weighted by Gasteiger charge is -2.28. The number of methoxy groups -OCH3 is 1. The number of anilines is 1. The highest BCUT2D eigenvalue weighted by Crippen LogP contribution is 2.35. The van der Waals surface area contributed by atoms with Crippen LogP contribution in [0.2, 0.25) is 5.02 Å². The van der Waals surface area contributed by atoms with E-state index in [1.165, 1.54) is 0 Å². The molecule has 0 aromatic heterocycles. The largest absolute Gasteiger partial charge is 0.497 e. The van der Waals surface area contributed by atoms with Crippen LogP contribution in [-0.2, 0) is 4.79 Å². The van der Waals surface area contributed by atoms with Crippen molar-refractivity contribution in [2.75, 3.05) is 25.2 Å². The van der Waals surface area contributed by atoms with Crippen LogP contribution in [0.1, 0.15) is 35.7 Å². The Morgan fingerprint density at radius 1 is 1.31 bits per heavy atom. The minimum absolute atomic E-state index is 0.0198. The summed E-state index contributed by atoms with van der Waals surface area (Å²) in [5, 5.41) is 0.483. The van der Waals surface area contributed by atoms with Crippen molar-refractivity contribution in [3.05, 3.63) is 52.5 Å². The molecule has 1 heterocycles. The Morgan fingerprint density at radius 3 is 2.73 bits per heavy atom. The first kappa shape index (κ1) is 18.3. The van der Waals surface area contributed by atoms with Gasteiger partial charge in [0.15, 0.2) is 12.4 Å². The van der Waals surface area contributed by atoms with E-state index in [9.17, 15) is 9.59 Å². The maximum absolute atomic E-state index is 13.0. The molecule has 0 aliphatic carbocycles. The van der Waals surface area contributed by atoms with Gasteiger partial charge in [-0.15, -0.1) is 0 Å². The van der Waals surface area contributed by atoms with Crippen molar-refractivity contribution in [3.63, 3.8) is 0 Å². The van der Waals surface area contributed by atoms with Gasteiger partial charge in [0.2, 0.25) is 0 Å². The van der Waals surface area contributed by atoms with Gasteiger partial charge in [0.25, 0.3) is 5.91 Å². The van der Waals surface area contributed by atoms with Crippen LogP contribution in [0.3, 0.4) is 0 Å². The van der Waals surface area contributed by atoms with Gasteiger partial charge >= 0.3 is 0 Å². The Balaban J connectivity index is 1.93. The summed E-state index contributed by atoms with van der Waals surface area (Å²) in [6.45, 7) is 4.24. The number of halogens is 1. The smallest absolute Gasteiger partial charge is 0.265 e. The fourth-order valence-corrected chi connectivity index (χ4v) is 3.41. The van der Waals surface area contributed by atoms with Crippen LogP contribution in [0, 0.1) is 0 Å². The Bertz CT molecular complexity index is 865. The topological polar surface area (TPSA) is 55.8 Å². The molecule has 2 aromatic rings. The second kappa shape index (κ2) is 7.38. The molecule has 0 spiro atoms. The maximum Gasteiger partial charge on any atom is 0.265 e. The number of hydrogen-bond donors (Lipinski definition) is 0. The normalized spacial score (nSPS) is 14.5. The molecule has 136 valence electrons. The lowest BCUT2D eigenvalue weighted by molar-refractivity contribution is -0.121. The average Bonchev–Trinajstić information content (AvgIpc) is 2.66. The first-order valence-electron chi connectivity index (χ1n) is 8.41. The van der Waals surface area contributed by atoms with E-state index in [1.807, 2.05) is 13.8 Å². The number of Topliss-reactive ketones (excluding diaryl/α,β-unsaturated/α-hetero) is 1. The minimum atomic E-state index is -0.429. The number of hydrogen-bond acceptors (Lipinski definition) is 4. The zero-order valence-corrected chi connectivity index (χ0v) is 15.7. The van der Waals surface area contributed by atoms with Crippen LogP contribution >= 0.6 is 11.6 Å². The predicted octanol–water partition coefficient (Wildman–Crippen LogP) is 4.08. The monoisotopic (exact) mass is 373 g/mol. The number of amides is 1. The van der Waals surface area contributed by atoms with Crippen molar-refractivity contribution < 1.29 is 19.1 Å². The first-order valence-corrected chi connectivity index (χ1v) is 8.79. The van der Waals surface area contributed by atoms with Gasteiger partial charge in [0.05, 0.1) is 12.8 Å². The third-order valence-corrected chi connectivity index (χ3v) is 4.90. The summed E-state index contributed by atoms with van der Waals surface area (Å²) in [4.78, 5) is 26.6. The maximum atomic E-state index is 13.0. The van der Waals surface area contributed by atoms with E-state index >= 15 is 0 Å². The molecule has 0 radical (unpaired) electrons. The van der Waals surface area contributed by atoms with Crippen molar-refractivity contribution in [2.45, 2.75) is 19.8 Å². The lowest BCUT2D eigenvalue weighted by atomic mass is 9.91. The van der Waals surface area contributed by atoms with Crippen LogP contribution < -0.4 is 14.4 Å². The van der Waals surface area contributed by atoms with Gasteiger partial charge < -0.3 is 14.4 Å². The molecular formula is C20H20ClNO4. The Kier molecular flexibility index (Phi) is 5.18. The van der Waals surface area contributed by atoms with E-state index in [4.69, 9.17) is 21.1 Å². The summed E-state index contributed by atoms with van der Waals surface area (Å²) >= 11 is 6.31. The molecular weight excluding hydrogens is 354 g/mol. The molecule has 1 aliphatic heterocycles. The van der Waals surface area contributed by atoms with E-state index in [2.05, 4.69) is 0 Å². The molecule has 5 nitrogen and oxygen atoms in total. The van der Waals surface area contributed by atoms with Crippen molar-refractivity contribution in [1.29, 1.82) is 0 Å². The average molecular weight is 374 g/mol. The number of carbonyl (C=O) groups excluding carboxylic acids is 2. The lowest BCUT2D eigenvalue weighted by Crippen LogP contribution is -2.38.